The lowest BCUT2D eigenvalue weighted by Gasteiger charge is -2.33. The van der Waals surface area contributed by atoms with Crippen LogP contribution in [0.15, 0.2) is 28.8 Å². The van der Waals surface area contributed by atoms with E-state index in [9.17, 15) is 4.79 Å². The molecule has 2 amide bonds. The zero-order valence-electron chi connectivity index (χ0n) is 14.4. The highest BCUT2D eigenvalue weighted by Crippen LogP contribution is 2.25. The summed E-state index contributed by atoms with van der Waals surface area (Å²) in [5.41, 5.74) is 1.12. The molecule has 0 aliphatic carbocycles. The average molecular weight is 330 g/mol. The largest absolute Gasteiger partial charge is 0.466 e. The maximum absolute atomic E-state index is 12.5. The van der Waals surface area contributed by atoms with Gasteiger partial charge >= 0.3 is 6.03 Å². The van der Waals surface area contributed by atoms with Gasteiger partial charge in [-0.1, -0.05) is 0 Å². The Labute approximate surface area is 142 Å². The number of hydrogen-bond donors (Lipinski definition) is 2. The van der Waals surface area contributed by atoms with E-state index in [-0.39, 0.29) is 12.1 Å². The fourth-order valence-corrected chi connectivity index (χ4v) is 3.26. The quantitative estimate of drug-likeness (QED) is 0.884. The molecule has 6 nitrogen and oxygen atoms in total. The molecule has 2 aromatic heterocycles. The van der Waals surface area contributed by atoms with Gasteiger partial charge in [-0.05, 0) is 51.3 Å². The molecule has 0 radical (unpaired) electrons. The number of furan rings is 1. The van der Waals surface area contributed by atoms with E-state index in [1.165, 1.54) is 0 Å². The predicted octanol–water partition coefficient (Wildman–Crippen LogP) is 3.22. The van der Waals surface area contributed by atoms with Crippen molar-refractivity contribution in [1.29, 1.82) is 0 Å². The molecule has 1 fully saturated rings. The summed E-state index contributed by atoms with van der Waals surface area (Å²) in [5, 5.41) is 10.2. The number of aryl methyl sites for hydroxylation is 2. The van der Waals surface area contributed by atoms with Crippen LogP contribution in [0.3, 0.4) is 0 Å². The number of hydrogen-bond acceptors (Lipinski definition) is 3. The molecule has 2 aromatic rings. The molecule has 24 heavy (non-hydrogen) atoms. The van der Waals surface area contributed by atoms with Crippen LogP contribution in [0.1, 0.15) is 49.3 Å². The number of nitrogens with one attached hydrogen (secondary N) is 2. The number of piperidine rings is 1. The van der Waals surface area contributed by atoms with E-state index in [0.29, 0.717) is 5.92 Å². The number of H-pyrrole nitrogens is 1. The average Bonchev–Trinajstić information content (AvgIpc) is 3.24. The summed E-state index contributed by atoms with van der Waals surface area (Å²) >= 11 is 0. The maximum Gasteiger partial charge on any atom is 0.317 e. The first kappa shape index (κ1) is 16.6. The summed E-state index contributed by atoms with van der Waals surface area (Å²) in [5.74, 6) is 2.26. The third-order valence-corrected chi connectivity index (χ3v) is 4.66. The van der Waals surface area contributed by atoms with E-state index in [0.717, 1.165) is 56.0 Å². The first-order valence-corrected chi connectivity index (χ1v) is 8.72. The third kappa shape index (κ3) is 4.19. The van der Waals surface area contributed by atoms with Crippen LogP contribution >= 0.6 is 0 Å². The normalized spacial score (nSPS) is 19.2. The van der Waals surface area contributed by atoms with Crippen molar-refractivity contribution in [3.05, 3.63) is 41.6 Å². The molecule has 0 bridgehead atoms. The zero-order valence-corrected chi connectivity index (χ0v) is 14.4. The summed E-state index contributed by atoms with van der Waals surface area (Å²) in [6.45, 7) is 5.56. The van der Waals surface area contributed by atoms with Crippen LogP contribution < -0.4 is 5.32 Å². The molecular weight excluding hydrogens is 304 g/mol. The highest BCUT2D eigenvalue weighted by atomic mass is 16.3. The lowest BCUT2D eigenvalue weighted by Crippen LogP contribution is -2.47. The van der Waals surface area contributed by atoms with Crippen molar-refractivity contribution >= 4 is 6.03 Å². The van der Waals surface area contributed by atoms with Gasteiger partial charge in [-0.25, -0.2) is 4.79 Å². The Morgan fingerprint density at radius 2 is 2.38 bits per heavy atom. The molecule has 0 saturated carbocycles. The lowest BCUT2D eigenvalue weighted by molar-refractivity contribution is 0.175. The fourth-order valence-electron chi connectivity index (χ4n) is 3.26. The van der Waals surface area contributed by atoms with Crippen LogP contribution in [-0.2, 0) is 6.42 Å². The van der Waals surface area contributed by atoms with Gasteiger partial charge in [0, 0.05) is 43.4 Å². The van der Waals surface area contributed by atoms with Crippen molar-refractivity contribution in [3.63, 3.8) is 0 Å². The van der Waals surface area contributed by atoms with E-state index in [1.807, 2.05) is 36.9 Å². The molecule has 3 rings (SSSR count). The highest BCUT2D eigenvalue weighted by Gasteiger charge is 2.26. The Morgan fingerprint density at radius 1 is 1.50 bits per heavy atom. The maximum atomic E-state index is 12.5. The van der Waals surface area contributed by atoms with Gasteiger partial charge in [-0.15, -0.1) is 0 Å². The van der Waals surface area contributed by atoms with Crippen molar-refractivity contribution in [2.75, 3.05) is 13.1 Å². The summed E-state index contributed by atoms with van der Waals surface area (Å²) in [6.07, 6.45) is 5.60. The van der Waals surface area contributed by atoms with Gasteiger partial charge in [0.25, 0.3) is 0 Å². The topological polar surface area (TPSA) is 74.2 Å². The van der Waals surface area contributed by atoms with Crippen molar-refractivity contribution in [2.45, 2.75) is 51.5 Å². The van der Waals surface area contributed by atoms with Gasteiger partial charge in [0.15, 0.2) is 0 Å². The number of urea groups is 1. The minimum Gasteiger partial charge on any atom is -0.466 e. The molecule has 6 heteroatoms. The Hall–Kier alpha value is -2.24. The number of rotatable bonds is 5. The van der Waals surface area contributed by atoms with Gasteiger partial charge in [0.1, 0.15) is 11.5 Å². The zero-order chi connectivity index (χ0) is 16.9. The van der Waals surface area contributed by atoms with Crippen LogP contribution in [0.25, 0.3) is 0 Å². The second kappa shape index (κ2) is 7.55. The third-order valence-electron chi connectivity index (χ3n) is 4.66. The molecule has 0 aromatic carbocycles. The van der Waals surface area contributed by atoms with Crippen molar-refractivity contribution in [2.24, 2.45) is 0 Å². The predicted molar refractivity (Wildman–Crippen MR) is 91.9 cm³/mol. The highest BCUT2D eigenvalue weighted by molar-refractivity contribution is 5.74. The fraction of sp³-hybridized carbons (Fsp3) is 0.556. The monoisotopic (exact) mass is 330 g/mol. The van der Waals surface area contributed by atoms with E-state index >= 15 is 0 Å². The van der Waals surface area contributed by atoms with Crippen LogP contribution in [0.2, 0.25) is 0 Å². The molecule has 0 spiro atoms. The molecule has 1 saturated heterocycles. The first-order chi connectivity index (χ1) is 11.6. The van der Waals surface area contributed by atoms with Crippen molar-refractivity contribution in [1.82, 2.24) is 20.4 Å². The van der Waals surface area contributed by atoms with Crippen molar-refractivity contribution in [3.8, 4) is 0 Å². The number of likely N-dealkylation sites (tertiary alicyclic amines) is 1. The van der Waals surface area contributed by atoms with E-state index in [2.05, 4.69) is 15.5 Å². The number of carbonyl (C=O) groups is 1. The molecule has 3 heterocycles. The van der Waals surface area contributed by atoms with Crippen molar-refractivity contribution < 1.29 is 9.21 Å². The summed E-state index contributed by atoms with van der Waals surface area (Å²) in [6, 6.07) is 6.13. The second-order valence-electron chi connectivity index (χ2n) is 6.70. The number of nitrogens with zero attached hydrogens (tertiary/aromatic N) is 2. The summed E-state index contributed by atoms with van der Waals surface area (Å²) in [4.78, 5) is 14.4. The van der Waals surface area contributed by atoms with E-state index < -0.39 is 0 Å². The molecule has 1 aliphatic rings. The molecular formula is C18H26N4O2. The first-order valence-electron chi connectivity index (χ1n) is 8.72. The lowest BCUT2D eigenvalue weighted by atomic mass is 9.95. The molecule has 2 atom stereocenters. The smallest absolute Gasteiger partial charge is 0.317 e. The van der Waals surface area contributed by atoms with E-state index in [4.69, 9.17) is 4.42 Å². The Bertz CT molecular complexity index is 650. The summed E-state index contributed by atoms with van der Waals surface area (Å²) in [7, 11) is 0. The molecule has 1 aliphatic heterocycles. The Balaban J connectivity index is 1.46. The standard InChI is InChI=1S/C18H26N4O2/c1-13(5-7-16-8-6-14(2)24-16)20-18(23)22-11-3-4-15(12-22)17-9-10-19-21-17/h6,8-10,13,15H,3-5,7,11-12H2,1-2H3,(H,19,21)(H,20,23). The number of aromatic nitrogens is 2. The SMILES string of the molecule is Cc1ccc(CCC(C)NC(=O)N2CCCC(c3ccn[nH]3)C2)o1. The van der Waals surface area contributed by atoms with Gasteiger partial charge < -0.3 is 14.6 Å². The number of carbonyl (C=O) groups excluding carboxylic acids is 1. The van der Waals surface area contributed by atoms with Gasteiger partial charge in [0.2, 0.25) is 0 Å². The van der Waals surface area contributed by atoms with Crippen LogP contribution in [0.4, 0.5) is 4.79 Å². The second-order valence-corrected chi connectivity index (χ2v) is 6.70. The van der Waals surface area contributed by atoms with Crippen LogP contribution in [0, 0.1) is 6.92 Å². The van der Waals surface area contributed by atoms with Gasteiger partial charge in [0.05, 0.1) is 0 Å². The Morgan fingerprint density at radius 3 is 3.08 bits per heavy atom. The Kier molecular flexibility index (Phi) is 5.23. The minimum absolute atomic E-state index is 0.0299. The number of amides is 2. The van der Waals surface area contributed by atoms with Crippen LogP contribution in [0.5, 0.6) is 0 Å². The molecule has 2 N–H and O–H groups in total. The van der Waals surface area contributed by atoms with E-state index in [1.54, 1.807) is 6.20 Å². The van der Waals surface area contributed by atoms with Gasteiger partial charge in [-0.3, -0.25) is 5.10 Å². The number of aromatic amines is 1. The van der Waals surface area contributed by atoms with Gasteiger partial charge in [-0.2, -0.15) is 5.10 Å². The van der Waals surface area contributed by atoms with Crippen LogP contribution in [-0.4, -0.2) is 40.3 Å². The minimum atomic E-state index is 0.0299. The molecule has 2 unspecified atom stereocenters. The molecule has 130 valence electrons. The summed E-state index contributed by atoms with van der Waals surface area (Å²) < 4.78 is 5.58.